The molecule has 0 amide bonds. The number of hydrogen-bond acceptors (Lipinski definition) is 1. The molecule has 3 fully saturated rings. The van der Waals surface area contributed by atoms with Gasteiger partial charge in [0.05, 0.1) is 0 Å². The Labute approximate surface area is 156 Å². The summed E-state index contributed by atoms with van der Waals surface area (Å²) < 4.78 is 14.3. The van der Waals surface area contributed by atoms with Gasteiger partial charge in [0.2, 0.25) is 0 Å². The Kier molecular flexibility index (Phi) is 7.93. The van der Waals surface area contributed by atoms with Crippen LogP contribution in [0.4, 0.5) is 4.39 Å². The van der Waals surface area contributed by atoms with Crippen LogP contribution in [0.1, 0.15) is 90.4 Å². The van der Waals surface area contributed by atoms with E-state index in [0.717, 1.165) is 49.5 Å². The SMILES string of the molecule is CN1CCCCC1CC(C1CCCCC1)C1CCC(C)(F)CC1.S. The van der Waals surface area contributed by atoms with Crippen LogP contribution in [0.15, 0.2) is 0 Å². The van der Waals surface area contributed by atoms with Gasteiger partial charge in [-0.15, -0.1) is 0 Å². The van der Waals surface area contributed by atoms with Gasteiger partial charge in [0.1, 0.15) is 5.67 Å². The maximum absolute atomic E-state index is 14.3. The van der Waals surface area contributed by atoms with Gasteiger partial charge in [-0.05, 0) is 83.2 Å². The third kappa shape index (κ3) is 5.37. The van der Waals surface area contributed by atoms with Crippen LogP contribution in [-0.4, -0.2) is 30.2 Å². The quantitative estimate of drug-likeness (QED) is 0.588. The predicted octanol–water partition coefficient (Wildman–Crippen LogP) is 6.09. The predicted molar refractivity (Wildman–Crippen MR) is 107 cm³/mol. The van der Waals surface area contributed by atoms with Crippen molar-refractivity contribution in [3.05, 3.63) is 0 Å². The number of rotatable bonds is 4. The summed E-state index contributed by atoms with van der Waals surface area (Å²) in [7, 11) is 2.33. The fourth-order valence-corrected chi connectivity index (χ4v) is 5.76. The van der Waals surface area contributed by atoms with Crippen molar-refractivity contribution in [3.63, 3.8) is 0 Å². The maximum atomic E-state index is 14.3. The minimum absolute atomic E-state index is 0. The van der Waals surface area contributed by atoms with Gasteiger partial charge >= 0.3 is 0 Å². The zero-order valence-electron chi connectivity index (χ0n) is 16.0. The van der Waals surface area contributed by atoms with E-state index in [1.54, 1.807) is 0 Å². The summed E-state index contributed by atoms with van der Waals surface area (Å²) in [5.74, 6) is 2.61. The van der Waals surface area contributed by atoms with Crippen LogP contribution in [0.2, 0.25) is 0 Å². The first-order valence-corrected chi connectivity index (χ1v) is 10.4. The van der Waals surface area contributed by atoms with Gasteiger partial charge < -0.3 is 4.90 Å². The average molecular weight is 358 g/mol. The lowest BCUT2D eigenvalue weighted by Crippen LogP contribution is -2.41. The summed E-state index contributed by atoms with van der Waals surface area (Å²) in [5.41, 5.74) is -0.880. The minimum Gasteiger partial charge on any atom is -0.303 e. The molecule has 1 aliphatic heterocycles. The third-order valence-electron chi connectivity index (χ3n) is 7.40. The summed E-state index contributed by atoms with van der Waals surface area (Å²) in [5, 5.41) is 0. The van der Waals surface area contributed by atoms with Gasteiger partial charge in [0.15, 0.2) is 0 Å². The van der Waals surface area contributed by atoms with Crippen molar-refractivity contribution in [1.82, 2.24) is 4.90 Å². The van der Waals surface area contributed by atoms with Crippen molar-refractivity contribution in [2.75, 3.05) is 13.6 Å². The summed E-state index contributed by atoms with van der Waals surface area (Å²) in [4.78, 5) is 2.63. The van der Waals surface area contributed by atoms with E-state index in [0.29, 0.717) is 0 Å². The Bertz CT molecular complexity index is 357. The van der Waals surface area contributed by atoms with Gasteiger partial charge in [0, 0.05) is 6.04 Å². The maximum Gasteiger partial charge on any atom is 0.108 e. The highest BCUT2D eigenvalue weighted by atomic mass is 32.1. The monoisotopic (exact) mass is 357 g/mol. The van der Waals surface area contributed by atoms with Crippen molar-refractivity contribution in [3.8, 4) is 0 Å². The van der Waals surface area contributed by atoms with Gasteiger partial charge in [-0.1, -0.05) is 38.5 Å². The molecular formula is C21H40FNS. The molecule has 1 saturated heterocycles. The van der Waals surface area contributed by atoms with E-state index >= 15 is 0 Å². The van der Waals surface area contributed by atoms with Crippen molar-refractivity contribution in [1.29, 1.82) is 0 Å². The summed E-state index contributed by atoms with van der Waals surface area (Å²) in [6, 6.07) is 0.800. The van der Waals surface area contributed by atoms with E-state index in [1.807, 2.05) is 6.92 Å². The zero-order chi connectivity index (χ0) is 16.3. The minimum atomic E-state index is -0.880. The molecule has 2 unspecified atom stereocenters. The molecular weight excluding hydrogens is 317 g/mol. The lowest BCUT2D eigenvalue weighted by atomic mass is 9.65. The summed E-state index contributed by atoms with van der Waals surface area (Å²) in [6.07, 6.45) is 16.7. The van der Waals surface area contributed by atoms with Crippen molar-refractivity contribution in [2.24, 2.45) is 17.8 Å². The Hall–Kier alpha value is 0.240. The fourth-order valence-electron chi connectivity index (χ4n) is 5.76. The Morgan fingerprint density at radius 1 is 0.917 bits per heavy atom. The molecule has 3 heteroatoms. The molecule has 0 aromatic heterocycles. The molecule has 2 aliphatic carbocycles. The molecule has 3 aliphatic rings. The molecule has 0 aromatic carbocycles. The van der Waals surface area contributed by atoms with Crippen LogP contribution >= 0.6 is 13.5 Å². The Morgan fingerprint density at radius 3 is 2.12 bits per heavy atom. The molecule has 0 bridgehead atoms. The normalized spacial score (nSPS) is 37.6. The zero-order valence-corrected chi connectivity index (χ0v) is 17.0. The fraction of sp³-hybridized carbons (Fsp3) is 1.00. The van der Waals surface area contributed by atoms with Crippen LogP contribution < -0.4 is 0 Å². The van der Waals surface area contributed by atoms with Crippen LogP contribution in [0.25, 0.3) is 0 Å². The highest BCUT2D eigenvalue weighted by molar-refractivity contribution is 7.59. The van der Waals surface area contributed by atoms with E-state index in [1.165, 1.54) is 64.3 Å². The van der Waals surface area contributed by atoms with Crippen molar-refractivity contribution >= 4 is 13.5 Å². The van der Waals surface area contributed by atoms with E-state index < -0.39 is 5.67 Å². The molecule has 3 rings (SSSR count). The molecule has 0 spiro atoms. The Morgan fingerprint density at radius 2 is 1.50 bits per heavy atom. The van der Waals surface area contributed by atoms with Gasteiger partial charge in [-0.2, -0.15) is 13.5 Å². The number of halogens is 1. The second-order valence-electron chi connectivity index (χ2n) is 9.18. The molecule has 2 atom stereocenters. The van der Waals surface area contributed by atoms with E-state index in [4.69, 9.17) is 0 Å². The lowest BCUT2D eigenvalue weighted by molar-refractivity contribution is 0.0395. The number of piperidine rings is 1. The van der Waals surface area contributed by atoms with E-state index in [9.17, 15) is 4.39 Å². The average Bonchev–Trinajstić information content (AvgIpc) is 2.55. The topological polar surface area (TPSA) is 3.24 Å². The second kappa shape index (κ2) is 9.26. The standard InChI is InChI=1S/C21H38FN.H2S/c1-21(22)13-11-18(12-14-21)20(17-8-4-3-5-9-17)16-19-10-6-7-15-23(19)2;/h17-20H,3-16H2,1-2H3;1H2. The molecule has 1 heterocycles. The van der Waals surface area contributed by atoms with Crippen LogP contribution in [0, 0.1) is 17.8 Å². The number of alkyl halides is 1. The highest BCUT2D eigenvalue weighted by Crippen LogP contribution is 2.45. The first-order chi connectivity index (χ1) is 11.1. The van der Waals surface area contributed by atoms with Crippen molar-refractivity contribution < 1.29 is 4.39 Å². The second-order valence-corrected chi connectivity index (χ2v) is 9.18. The van der Waals surface area contributed by atoms with Crippen LogP contribution in [0.3, 0.4) is 0 Å². The third-order valence-corrected chi connectivity index (χ3v) is 7.40. The highest BCUT2D eigenvalue weighted by Gasteiger charge is 2.38. The molecule has 0 aromatic rings. The van der Waals surface area contributed by atoms with Gasteiger partial charge in [-0.25, -0.2) is 4.39 Å². The Balaban J connectivity index is 0.00000208. The van der Waals surface area contributed by atoms with Crippen molar-refractivity contribution in [2.45, 2.75) is 102 Å². The first-order valence-electron chi connectivity index (χ1n) is 10.4. The number of hydrogen-bond donors (Lipinski definition) is 0. The molecule has 142 valence electrons. The number of likely N-dealkylation sites (tertiary alicyclic amines) is 1. The van der Waals surface area contributed by atoms with Crippen LogP contribution in [-0.2, 0) is 0 Å². The number of nitrogens with zero attached hydrogens (tertiary/aromatic N) is 1. The van der Waals surface area contributed by atoms with Gasteiger partial charge in [-0.3, -0.25) is 0 Å². The van der Waals surface area contributed by atoms with E-state index in [2.05, 4.69) is 11.9 Å². The van der Waals surface area contributed by atoms with E-state index in [-0.39, 0.29) is 13.5 Å². The molecule has 24 heavy (non-hydrogen) atoms. The molecule has 0 radical (unpaired) electrons. The van der Waals surface area contributed by atoms with Crippen LogP contribution in [0.5, 0.6) is 0 Å². The van der Waals surface area contributed by atoms with Gasteiger partial charge in [0.25, 0.3) is 0 Å². The summed E-state index contributed by atoms with van der Waals surface area (Å²) >= 11 is 0. The lowest BCUT2D eigenvalue weighted by Gasteiger charge is -2.44. The molecule has 2 saturated carbocycles. The molecule has 1 nitrogen and oxygen atoms in total. The first kappa shape index (κ1) is 20.6. The molecule has 0 N–H and O–H groups in total. The largest absolute Gasteiger partial charge is 0.303 e. The summed E-state index contributed by atoms with van der Waals surface area (Å²) in [6.45, 7) is 3.11. The smallest absolute Gasteiger partial charge is 0.108 e.